The van der Waals surface area contributed by atoms with Gasteiger partial charge in [0.15, 0.2) is 0 Å². The summed E-state index contributed by atoms with van der Waals surface area (Å²) in [6.07, 6.45) is 0. The van der Waals surface area contributed by atoms with Crippen molar-refractivity contribution in [2.24, 2.45) is 5.73 Å². The monoisotopic (exact) mass is 232 g/mol. The zero-order valence-corrected chi connectivity index (χ0v) is 10.6. The molecule has 0 saturated carbocycles. The maximum absolute atomic E-state index is 5.81. The van der Waals surface area contributed by atoms with Gasteiger partial charge in [-0.25, -0.2) is 4.98 Å². The van der Waals surface area contributed by atoms with E-state index in [1.165, 1.54) is 16.7 Å². The highest BCUT2D eigenvalue weighted by molar-refractivity contribution is 7.10. The second kappa shape index (κ2) is 4.36. The molecular weight excluding hydrogens is 216 g/mol. The van der Waals surface area contributed by atoms with Gasteiger partial charge in [-0.3, -0.25) is 0 Å². The minimum atomic E-state index is 0.0182. The van der Waals surface area contributed by atoms with Crippen LogP contribution in [0.15, 0.2) is 23.6 Å². The van der Waals surface area contributed by atoms with Crippen molar-refractivity contribution >= 4 is 11.3 Å². The lowest BCUT2D eigenvalue weighted by Gasteiger charge is -2.02. The van der Waals surface area contributed by atoms with Gasteiger partial charge < -0.3 is 5.73 Å². The van der Waals surface area contributed by atoms with E-state index in [9.17, 15) is 0 Å². The third-order valence-corrected chi connectivity index (χ3v) is 3.47. The van der Waals surface area contributed by atoms with Gasteiger partial charge in [0.25, 0.3) is 0 Å². The van der Waals surface area contributed by atoms with Crippen LogP contribution in [0.5, 0.6) is 0 Å². The molecule has 0 spiro atoms. The van der Waals surface area contributed by atoms with E-state index in [1.54, 1.807) is 11.3 Å². The number of nitrogens with two attached hydrogens (primary N) is 1. The predicted molar refractivity (Wildman–Crippen MR) is 69.6 cm³/mol. The number of aryl methyl sites for hydroxylation is 2. The lowest BCUT2D eigenvalue weighted by atomic mass is 10.1. The molecule has 0 bridgehead atoms. The van der Waals surface area contributed by atoms with Gasteiger partial charge in [0.2, 0.25) is 0 Å². The Morgan fingerprint density at radius 2 is 1.81 bits per heavy atom. The van der Waals surface area contributed by atoms with Gasteiger partial charge in [-0.1, -0.05) is 17.2 Å². The first kappa shape index (κ1) is 11.3. The van der Waals surface area contributed by atoms with E-state index in [0.717, 1.165) is 10.7 Å². The average Bonchev–Trinajstić information content (AvgIpc) is 2.64. The summed E-state index contributed by atoms with van der Waals surface area (Å²) in [6.45, 7) is 6.18. The largest absolute Gasteiger partial charge is 0.322 e. The Morgan fingerprint density at radius 3 is 2.31 bits per heavy atom. The minimum Gasteiger partial charge on any atom is -0.322 e. The molecule has 0 saturated heterocycles. The lowest BCUT2D eigenvalue weighted by Crippen LogP contribution is -2.03. The smallest absolute Gasteiger partial charge is 0.110 e. The Hall–Kier alpha value is -1.19. The number of aromatic nitrogens is 1. The van der Waals surface area contributed by atoms with Gasteiger partial charge in [0, 0.05) is 10.9 Å². The van der Waals surface area contributed by atoms with Crippen LogP contribution < -0.4 is 5.73 Å². The molecule has 0 amide bonds. The summed E-state index contributed by atoms with van der Waals surface area (Å²) >= 11 is 1.63. The van der Waals surface area contributed by atoms with Crippen molar-refractivity contribution in [2.45, 2.75) is 26.8 Å². The van der Waals surface area contributed by atoms with Crippen LogP contribution >= 0.6 is 11.3 Å². The van der Waals surface area contributed by atoms with Crippen LogP contribution in [0.3, 0.4) is 0 Å². The van der Waals surface area contributed by atoms with Gasteiger partial charge in [-0.2, -0.15) is 0 Å². The molecule has 1 aromatic carbocycles. The Labute approximate surface area is 100 Å². The highest BCUT2D eigenvalue weighted by atomic mass is 32.1. The normalized spacial score (nSPS) is 12.8. The van der Waals surface area contributed by atoms with E-state index in [4.69, 9.17) is 5.73 Å². The fraction of sp³-hybridized carbons (Fsp3) is 0.308. The molecule has 0 aliphatic carbocycles. The molecule has 2 rings (SSSR count). The summed E-state index contributed by atoms with van der Waals surface area (Å²) in [5, 5.41) is 3.07. The summed E-state index contributed by atoms with van der Waals surface area (Å²) < 4.78 is 0. The first-order valence-corrected chi connectivity index (χ1v) is 6.24. The third kappa shape index (κ3) is 2.31. The number of hydrogen-bond donors (Lipinski definition) is 1. The van der Waals surface area contributed by atoms with Crippen molar-refractivity contribution in [2.75, 3.05) is 0 Å². The van der Waals surface area contributed by atoms with Gasteiger partial charge in [0.05, 0.1) is 11.7 Å². The summed E-state index contributed by atoms with van der Waals surface area (Å²) in [7, 11) is 0. The SMILES string of the molecule is Cc1cc(C)cc(-c2csc(C(C)N)n2)c1. The fourth-order valence-electron chi connectivity index (χ4n) is 1.75. The van der Waals surface area contributed by atoms with E-state index in [2.05, 4.69) is 42.4 Å². The zero-order valence-electron chi connectivity index (χ0n) is 9.82. The summed E-state index contributed by atoms with van der Waals surface area (Å²) in [4.78, 5) is 4.56. The van der Waals surface area contributed by atoms with Gasteiger partial charge in [-0.05, 0) is 32.9 Å². The van der Waals surface area contributed by atoms with E-state index in [-0.39, 0.29) is 6.04 Å². The first-order chi connectivity index (χ1) is 7.56. The van der Waals surface area contributed by atoms with Crippen LogP contribution in [0.4, 0.5) is 0 Å². The average molecular weight is 232 g/mol. The summed E-state index contributed by atoms with van der Waals surface area (Å²) in [5.74, 6) is 0. The van der Waals surface area contributed by atoms with Crippen molar-refractivity contribution < 1.29 is 0 Å². The molecule has 1 aromatic heterocycles. The number of rotatable bonds is 2. The quantitative estimate of drug-likeness (QED) is 0.861. The molecule has 2 nitrogen and oxygen atoms in total. The van der Waals surface area contributed by atoms with E-state index in [1.807, 2.05) is 6.92 Å². The molecule has 1 unspecified atom stereocenters. The molecular formula is C13H16N2S. The Kier molecular flexibility index (Phi) is 3.08. The van der Waals surface area contributed by atoms with Crippen LogP contribution in [-0.2, 0) is 0 Å². The van der Waals surface area contributed by atoms with Crippen LogP contribution in [-0.4, -0.2) is 4.98 Å². The molecule has 0 radical (unpaired) electrons. The van der Waals surface area contributed by atoms with E-state index in [0.29, 0.717) is 0 Å². The van der Waals surface area contributed by atoms with Crippen molar-refractivity contribution in [1.29, 1.82) is 0 Å². The van der Waals surface area contributed by atoms with Crippen LogP contribution in [0, 0.1) is 13.8 Å². The number of benzene rings is 1. The molecule has 1 heterocycles. The second-order valence-electron chi connectivity index (χ2n) is 4.24. The highest BCUT2D eigenvalue weighted by Crippen LogP contribution is 2.26. The lowest BCUT2D eigenvalue weighted by molar-refractivity contribution is 0.808. The zero-order chi connectivity index (χ0) is 11.7. The standard InChI is InChI=1S/C13H16N2S/c1-8-4-9(2)6-11(5-8)12-7-16-13(15-12)10(3)14/h4-7,10H,14H2,1-3H3. The summed E-state index contributed by atoms with van der Waals surface area (Å²) in [5.41, 5.74) is 10.6. The topological polar surface area (TPSA) is 38.9 Å². The Bertz CT molecular complexity index is 480. The third-order valence-electron chi connectivity index (χ3n) is 2.43. The van der Waals surface area contributed by atoms with Gasteiger partial charge in [-0.15, -0.1) is 11.3 Å². The highest BCUT2D eigenvalue weighted by Gasteiger charge is 2.08. The van der Waals surface area contributed by atoms with E-state index >= 15 is 0 Å². The molecule has 1 atom stereocenters. The van der Waals surface area contributed by atoms with Crippen LogP contribution in [0.25, 0.3) is 11.3 Å². The Morgan fingerprint density at radius 1 is 1.19 bits per heavy atom. The number of nitrogens with zero attached hydrogens (tertiary/aromatic N) is 1. The fourth-order valence-corrected chi connectivity index (χ4v) is 2.54. The van der Waals surface area contributed by atoms with Crippen molar-refractivity contribution in [3.8, 4) is 11.3 Å². The minimum absolute atomic E-state index is 0.0182. The predicted octanol–water partition coefficient (Wildman–Crippen LogP) is 3.45. The second-order valence-corrected chi connectivity index (χ2v) is 5.13. The molecule has 0 aliphatic rings. The molecule has 16 heavy (non-hydrogen) atoms. The Balaban J connectivity index is 2.42. The van der Waals surface area contributed by atoms with Crippen molar-refractivity contribution in [1.82, 2.24) is 4.98 Å². The van der Waals surface area contributed by atoms with Crippen LogP contribution in [0.2, 0.25) is 0 Å². The molecule has 2 N–H and O–H groups in total. The van der Waals surface area contributed by atoms with E-state index < -0.39 is 0 Å². The first-order valence-electron chi connectivity index (χ1n) is 5.36. The molecule has 0 aliphatic heterocycles. The maximum atomic E-state index is 5.81. The van der Waals surface area contributed by atoms with Crippen LogP contribution in [0.1, 0.15) is 29.1 Å². The van der Waals surface area contributed by atoms with Gasteiger partial charge >= 0.3 is 0 Å². The summed E-state index contributed by atoms with van der Waals surface area (Å²) in [6, 6.07) is 6.51. The van der Waals surface area contributed by atoms with Crippen molar-refractivity contribution in [3.05, 3.63) is 39.7 Å². The maximum Gasteiger partial charge on any atom is 0.110 e. The van der Waals surface area contributed by atoms with Crippen molar-refractivity contribution in [3.63, 3.8) is 0 Å². The number of thiazole rings is 1. The van der Waals surface area contributed by atoms with Gasteiger partial charge in [0.1, 0.15) is 5.01 Å². The molecule has 2 aromatic rings. The molecule has 84 valence electrons. The molecule has 3 heteroatoms. The molecule has 0 fully saturated rings. The number of hydrogen-bond acceptors (Lipinski definition) is 3.